The molecular weight excluding hydrogens is 294 g/mol. The van der Waals surface area contributed by atoms with Crippen molar-refractivity contribution in [1.82, 2.24) is 0 Å². The lowest BCUT2D eigenvalue weighted by Gasteiger charge is -2.10. The van der Waals surface area contributed by atoms with Crippen molar-refractivity contribution in [3.05, 3.63) is 59.2 Å². The van der Waals surface area contributed by atoms with Gasteiger partial charge < -0.3 is 15.2 Å². The zero-order valence-corrected chi connectivity index (χ0v) is 12.5. The predicted octanol–water partition coefficient (Wildman–Crippen LogP) is 2.77. The molecule has 1 fully saturated rings. The van der Waals surface area contributed by atoms with Gasteiger partial charge in [-0.25, -0.2) is 4.79 Å². The van der Waals surface area contributed by atoms with E-state index in [0.717, 1.165) is 22.6 Å². The van der Waals surface area contributed by atoms with Gasteiger partial charge >= 0.3 is 5.97 Å². The normalized spacial score (nSPS) is 24.2. The molecule has 5 nitrogen and oxygen atoms in total. The minimum atomic E-state index is -0.982. The molecular formula is C18H15NO4. The summed E-state index contributed by atoms with van der Waals surface area (Å²) >= 11 is 0. The number of ether oxygens (including phenoxy) is 1. The van der Waals surface area contributed by atoms with Crippen molar-refractivity contribution >= 4 is 17.6 Å². The number of carboxylic acids is 1. The highest BCUT2D eigenvalue weighted by atomic mass is 16.5. The number of amides is 1. The maximum Gasteiger partial charge on any atom is 0.335 e. The van der Waals surface area contributed by atoms with Crippen LogP contribution in [0.3, 0.4) is 0 Å². The highest BCUT2D eigenvalue weighted by molar-refractivity contribution is 6.10. The molecule has 1 saturated carbocycles. The molecule has 0 radical (unpaired) electrons. The third kappa shape index (κ3) is 1.86. The molecule has 2 aromatic rings. The van der Waals surface area contributed by atoms with Gasteiger partial charge in [-0.05, 0) is 47.9 Å². The van der Waals surface area contributed by atoms with E-state index in [-0.39, 0.29) is 17.4 Å². The summed E-state index contributed by atoms with van der Waals surface area (Å²) in [6, 6.07) is 12.5. The molecule has 2 aliphatic rings. The molecule has 0 bridgehead atoms. The van der Waals surface area contributed by atoms with Crippen molar-refractivity contribution in [2.45, 2.75) is 17.8 Å². The Labute approximate surface area is 132 Å². The zero-order chi connectivity index (χ0) is 16.2. The second-order valence-electron chi connectivity index (χ2n) is 6.02. The Balaban J connectivity index is 1.74. The van der Waals surface area contributed by atoms with Crippen molar-refractivity contribution in [2.24, 2.45) is 0 Å². The number of aromatic carboxylic acids is 1. The summed E-state index contributed by atoms with van der Waals surface area (Å²) < 4.78 is 5.16. The Kier molecular flexibility index (Phi) is 2.75. The first-order valence-electron chi connectivity index (χ1n) is 7.39. The topological polar surface area (TPSA) is 75.6 Å². The number of benzene rings is 2. The summed E-state index contributed by atoms with van der Waals surface area (Å²) in [6.07, 6.45) is 0.696. The van der Waals surface area contributed by atoms with Crippen molar-refractivity contribution < 1.29 is 19.4 Å². The van der Waals surface area contributed by atoms with Gasteiger partial charge in [0.05, 0.1) is 18.1 Å². The van der Waals surface area contributed by atoms with Gasteiger partial charge in [-0.1, -0.05) is 12.1 Å². The van der Waals surface area contributed by atoms with E-state index in [1.807, 2.05) is 24.3 Å². The summed E-state index contributed by atoms with van der Waals surface area (Å²) in [7, 11) is 1.61. The smallest absolute Gasteiger partial charge is 0.335 e. The van der Waals surface area contributed by atoms with Crippen LogP contribution in [0, 0.1) is 0 Å². The van der Waals surface area contributed by atoms with E-state index in [1.54, 1.807) is 19.2 Å². The SMILES string of the molecule is COc1ccc([C@H]2C[C@@]23C(=O)Nc2ccc(C(=O)O)cc23)cc1. The number of anilines is 1. The van der Waals surface area contributed by atoms with Gasteiger partial charge in [0.2, 0.25) is 5.91 Å². The molecule has 1 spiro atoms. The fourth-order valence-corrected chi connectivity index (χ4v) is 3.56. The molecule has 23 heavy (non-hydrogen) atoms. The molecule has 2 N–H and O–H groups in total. The van der Waals surface area contributed by atoms with E-state index in [9.17, 15) is 14.7 Å². The fraction of sp³-hybridized carbons (Fsp3) is 0.222. The van der Waals surface area contributed by atoms with E-state index in [2.05, 4.69) is 5.32 Å². The van der Waals surface area contributed by atoms with E-state index in [1.165, 1.54) is 6.07 Å². The third-order valence-electron chi connectivity index (χ3n) is 4.88. The van der Waals surface area contributed by atoms with Gasteiger partial charge in [0.25, 0.3) is 0 Å². The largest absolute Gasteiger partial charge is 0.497 e. The summed E-state index contributed by atoms with van der Waals surface area (Å²) in [5.41, 5.74) is 2.16. The molecule has 0 unspecified atom stereocenters. The van der Waals surface area contributed by atoms with E-state index in [0.29, 0.717) is 6.42 Å². The van der Waals surface area contributed by atoms with Crippen molar-refractivity contribution in [3.8, 4) is 5.75 Å². The number of fused-ring (bicyclic) bond motifs is 2. The summed E-state index contributed by atoms with van der Waals surface area (Å²) in [4.78, 5) is 23.7. The lowest BCUT2D eigenvalue weighted by Crippen LogP contribution is -2.21. The Bertz CT molecular complexity index is 827. The first-order chi connectivity index (χ1) is 11.1. The molecule has 2 aromatic carbocycles. The first-order valence-corrected chi connectivity index (χ1v) is 7.39. The Hall–Kier alpha value is -2.82. The quantitative estimate of drug-likeness (QED) is 0.914. The fourth-order valence-electron chi connectivity index (χ4n) is 3.56. The van der Waals surface area contributed by atoms with Crippen molar-refractivity contribution in [2.75, 3.05) is 12.4 Å². The highest BCUT2D eigenvalue weighted by Crippen LogP contribution is 2.65. The minimum absolute atomic E-state index is 0.0455. The predicted molar refractivity (Wildman–Crippen MR) is 84.1 cm³/mol. The number of hydrogen-bond acceptors (Lipinski definition) is 3. The van der Waals surface area contributed by atoms with Crippen LogP contribution in [-0.2, 0) is 10.2 Å². The monoisotopic (exact) mass is 309 g/mol. The number of nitrogens with one attached hydrogen (secondary N) is 1. The van der Waals surface area contributed by atoms with Crippen LogP contribution in [0.15, 0.2) is 42.5 Å². The second kappa shape index (κ2) is 4.59. The minimum Gasteiger partial charge on any atom is -0.497 e. The molecule has 1 aliphatic heterocycles. The molecule has 1 amide bonds. The molecule has 1 aliphatic carbocycles. The van der Waals surface area contributed by atoms with Crippen LogP contribution in [0.25, 0.3) is 0 Å². The zero-order valence-electron chi connectivity index (χ0n) is 12.5. The Morgan fingerprint density at radius 3 is 2.65 bits per heavy atom. The molecule has 0 saturated heterocycles. The lowest BCUT2D eigenvalue weighted by atomic mass is 9.91. The van der Waals surface area contributed by atoms with Crippen LogP contribution in [0.4, 0.5) is 5.69 Å². The summed E-state index contributed by atoms with van der Waals surface area (Å²) in [5.74, 6) is -0.189. The summed E-state index contributed by atoms with van der Waals surface area (Å²) in [6.45, 7) is 0. The summed E-state index contributed by atoms with van der Waals surface area (Å²) in [5, 5.41) is 12.1. The van der Waals surface area contributed by atoms with E-state index < -0.39 is 11.4 Å². The molecule has 1 heterocycles. The highest BCUT2D eigenvalue weighted by Gasteiger charge is 2.65. The van der Waals surface area contributed by atoms with Gasteiger partial charge in [-0.3, -0.25) is 4.79 Å². The van der Waals surface area contributed by atoms with Gasteiger partial charge in [0.15, 0.2) is 0 Å². The number of rotatable bonds is 3. The Morgan fingerprint density at radius 2 is 2.00 bits per heavy atom. The maximum atomic E-state index is 12.5. The molecule has 4 rings (SSSR count). The lowest BCUT2D eigenvalue weighted by molar-refractivity contribution is -0.118. The molecule has 5 heteroatoms. The van der Waals surface area contributed by atoms with Crippen LogP contribution in [0.5, 0.6) is 5.75 Å². The number of methoxy groups -OCH3 is 1. The number of hydrogen-bond donors (Lipinski definition) is 2. The molecule has 0 aromatic heterocycles. The number of carbonyl (C=O) groups is 2. The Morgan fingerprint density at radius 1 is 1.26 bits per heavy atom. The average Bonchev–Trinajstić information content (AvgIpc) is 3.25. The van der Waals surface area contributed by atoms with Gasteiger partial charge in [0, 0.05) is 11.6 Å². The van der Waals surface area contributed by atoms with Crippen LogP contribution in [0.2, 0.25) is 0 Å². The van der Waals surface area contributed by atoms with E-state index in [4.69, 9.17) is 4.74 Å². The molecule has 116 valence electrons. The van der Waals surface area contributed by atoms with Crippen molar-refractivity contribution in [3.63, 3.8) is 0 Å². The average molecular weight is 309 g/mol. The van der Waals surface area contributed by atoms with Gasteiger partial charge in [0.1, 0.15) is 5.75 Å². The van der Waals surface area contributed by atoms with Crippen LogP contribution in [0.1, 0.15) is 33.8 Å². The van der Waals surface area contributed by atoms with Crippen molar-refractivity contribution in [1.29, 1.82) is 0 Å². The van der Waals surface area contributed by atoms with Crippen LogP contribution >= 0.6 is 0 Å². The molecule has 2 atom stereocenters. The second-order valence-corrected chi connectivity index (χ2v) is 6.02. The first kappa shape index (κ1) is 13.8. The third-order valence-corrected chi connectivity index (χ3v) is 4.88. The van der Waals surface area contributed by atoms with Crippen LogP contribution in [-0.4, -0.2) is 24.1 Å². The van der Waals surface area contributed by atoms with Gasteiger partial charge in [-0.15, -0.1) is 0 Å². The number of carboxylic acid groups (broad SMARTS) is 1. The number of carbonyl (C=O) groups excluding carboxylic acids is 1. The van der Waals surface area contributed by atoms with Gasteiger partial charge in [-0.2, -0.15) is 0 Å². The van der Waals surface area contributed by atoms with Crippen LogP contribution < -0.4 is 10.1 Å². The van der Waals surface area contributed by atoms with E-state index >= 15 is 0 Å². The standard InChI is InChI=1S/C18H15NO4/c1-23-12-5-2-10(3-6-12)14-9-18(14)13-8-11(16(20)21)4-7-15(13)19-17(18)22/h2-8,14H,9H2,1H3,(H,19,22)(H,20,21)/t14-,18+/m1/s1. The maximum absolute atomic E-state index is 12.5.